The number of methoxy groups -OCH3 is 1. The van der Waals surface area contributed by atoms with Gasteiger partial charge in [-0.2, -0.15) is 0 Å². The maximum Gasteiger partial charge on any atom is 0.265 e. The fraction of sp³-hybridized carbons (Fsp3) is 0.457. The molecule has 6 rings (SSSR count). The number of allylic oxidation sites excluding steroid dienone is 1. The smallest absolute Gasteiger partial charge is 0.265 e. The lowest BCUT2D eigenvalue weighted by molar-refractivity contribution is -0.0480. The molecule has 10 heteroatoms. The summed E-state index contributed by atoms with van der Waals surface area (Å²) in [6.07, 6.45) is 0.850. The van der Waals surface area contributed by atoms with Crippen LogP contribution in [0.15, 0.2) is 58.3 Å². The fourth-order valence-corrected chi connectivity index (χ4v) is 8.42. The normalized spacial score (nSPS) is 24.6. The van der Waals surface area contributed by atoms with E-state index < -0.39 is 31.7 Å². The highest BCUT2D eigenvalue weighted by atomic mass is 28.4. The number of ether oxygens (including phenoxy) is 2. The molecule has 1 radical (unpaired) electrons. The lowest BCUT2D eigenvalue weighted by atomic mass is 9.58. The Labute approximate surface area is 265 Å². The van der Waals surface area contributed by atoms with Crippen LogP contribution in [0.5, 0.6) is 11.6 Å². The number of hydrogen-bond acceptors (Lipinski definition) is 9. The number of ketones is 2. The number of benzene rings is 2. The average molecular weight is 630 g/mol. The van der Waals surface area contributed by atoms with Crippen LogP contribution in [0.25, 0.3) is 0 Å². The van der Waals surface area contributed by atoms with E-state index in [9.17, 15) is 9.90 Å². The summed E-state index contributed by atoms with van der Waals surface area (Å²) in [5, 5.41) is 16.4. The van der Waals surface area contributed by atoms with E-state index in [1.54, 1.807) is 19.2 Å². The molecule has 0 unspecified atom stereocenters. The molecule has 0 aliphatic heterocycles. The second-order valence-electron chi connectivity index (χ2n) is 14.1. The van der Waals surface area contributed by atoms with Gasteiger partial charge in [-0.15, -0.1) is 0 Å². The number of carbonyl (C=O) groups excluding carboxylic acids is 2. The molecule has 1 aromatic heterocycles. The van der Waals surface area contributed by atoms with Crippen LogP contribution in [-0.2, 0) is 17.5 Å². The number of rotatable bonds is 7. The van der Waals surface area contributed by atoms with Gasteiger partial charge in [0.05, 0.1) is 13.2 Å². The Hall–Kier alpha value is -3.73. The molecule has 0 bridgehead atoms. The van der Waals surface area contributed by atoms with Crippen LogP contribution >= 0.6 is 0 Å². The number of fused-ring (bicyclic) bond motifs is 4. The van der Waals surface area contributed by atoms with Gasteiger partial charge in [0.25, 0.3) is 5.88 Å². The number of carbonyl (C=O) groups is 2. The van der Waals surface area contributed by atoms with Gasteiger partial charge in [0.15, 0.2) is 25.5 Å². The Kier molecular flexibility index (Phi) is 7.61. The molecule has 0 amide bonds. The number of aliphatic hydroxyl groups is 1. The van der Waals surface area contributed by atoms with Crippen molar-refractivity contribution in [1.82, 2.24) is 10.1 Å². The lowest BCUT2D eigenvalue weighted by Gasteiger charge is -2.55. The van der Waals surface area contributed by atoms with Gasteiger partial charge in [-0.1, -0.05) is 51.1 Å². The Bertz CT molecular complexity index is 1690. The van der Waals surface area contributed by atoms with Gasteiger partial charge in [-0.3, -0.25) is 14.5 Å². The van der Waals surface area contributed by atoms with Gasteiger partial charge in [0, 0.05) is 22.6 Å². The van der Waals surface area contributed by atoms with Crippen LogP contribution in [0.4, 0.5) is 0 Å². The zero-order valence-electron chi connectivity index (χ0n) is 27.2. The first-order valence-corrected chi connectivity index (χ1v) is 18.3. The molecule has 0 spiro atoms. The van der Waals surface area contributed by atoms with Gasteiger partial charge in [0.1, 0.15) is 23.7 Å². The molecule has 2 aromatic carbocycles. The van der Waals surface area contributed by atoms with Gasteiger partial charge in [0.2, 0.25) is 5.78 Å². The van der Waals surface area contributed by atoms with E-state index in [2.05, 4.69) is 32.0 Å². The highest BCUT2D eigenvalue weighted by molar-refractivity contribution is 6.74. The van der Waals surface area contributed by atoms with E-state index in [1.807, 2.05) is 62.4 Å². The van der Waals surface area contributed by atoms with Crippen LogP contribution in [0.2, 0.25) is 18.1 Å². The van der Waals surface area contributed by atoms with Crippen molar-refractivity contribution in [3.05, 3.63) is 87.9 Å². The lowest BCUT2D eigenvalue weighted by Crippen LogP contribution is -2.65. The molecule has 1 heterocycles. The molecule has 3 aliphatic rings. The van der Waals surface area contributed by atoms with Gasteiger partial charge >= 0.3 is 0 Å². The largest absolute Gasteiger partial charge is 0.508 e. The van der Waals surface area contributed by atoms with Crippen LogP contribution in [0.3, 0.4) is 0 Å². The second-order valence-corrected chi connectivity index (χ2v) is 18.8. The molecule has 3 aromatic rings. The summed E-state index contributed by atoms with van der Waals surface area (Å²) in [7, 11) is 2.61. The van der Waals surface area contributed by atoms with Crippen molar-refractivity contribution in [1.29, 1.82) is 0 Å². The van der Waals surface area contributed by atoms with Gasteiger partial charge < -0.3 is 23.5 Å². The maximum atomic E-state index is 15.1. The first-order chi connectivity index (χ1) is 21.2. The summed E-state index contributed by atoms with van der Waals surface area (Å²) < 4.78 is 24.8. The van der Waals surface area contributed by atoms with E-state index >= 15 is 4.79 Å². The number of aromatic nitrogens is 1. The van der Waals surface area contributed by atoms with Crippen molar-refractivity contribution in [2.75, 3.05) is 21.2 Å². The maximum absolute atomic E-state index is 15.1. The minimum atomic E-state index is -2.78. The Morgan fingerprint density at radius 2 is 1.87 bits per heavy atom. The molecule has 0 fully saturated rings. The molecular weight excluding hydrogens is 588 g/mol. The van der Waals surface area contributed by atoms with Crippen molar-refractivity contribution in [2.45, 2.75) is 70.0 Å². The molecular formula is C35H41N2O7Si. The van der Waals surface area contributed by atoms with E-state index in [4.69, 9.17) is 18.4 Å². The van der Waals surface area contributed by atoms with Crippen molar-refractivity contribution in [2.24, 2.45) is 11.8 Å². The number of Topliss-reactive ketones (excluding diaryl/α,β-unsaturated/α-hetero) is 2. The molecule has 9 nitrogen and oxygen atoms in total. The van der Waals surface area contributed by atoms with Crippen LogP contribution in [0.1, 0.15) is 70.8 Å². The summed E-state index contributed by atoms with van der Waals surface area (Å²) >= 11 is 0. The summed E-state index contributed by atoms with van der Waals surface area (Å²) in [6.45, 7) is 10.5. The second kappa shape index (κ2) is 11.0. The van der Waals surface area contributed by atoms with Crippen LogP contribution in [0, 0.1) is 17.9 Å². The number of hydrogen-bond donors (Lipinski definition) is 1. The van der Waals surface area contributed by atoms with E-state index in [0.717, 1.165) is 11.1 Å². The molecule has 1 N–H and O–H groups in total. The van der Waals surface area contributed by atoms with Crippen molar-refractivity contribution in [3.63, 3.8) is 0 Å². The minimum absolute atomic E-state index is 0.0423. The Balaban J connectivity index is 1.57. The van der Waals surface area contributed by atoms with Crippen molar-refractivity contribution < 1.29 is 33.1 Å². The summed E-state index contributed by atoms with van der Waals surface area (Å²) in [4.78, 5) is 31.3. The summed E-state index contributed by atoms with van der Waals surface area (Å²) in [5.41, 5.74) is 0.499. The average Bonchev–Trinajstić information content (AvgIpc) is 3.40. The SMILES string of the molecule is COc1cc[c]c2c1C[C@H]1C[C@H]3[C@H](N(C)C)c4onc(OCc5ccccc5)c4C(=O)[C@@]3(O[Si](C)(C)C(C)(C)C)C(O)=C1C2=O. The van der Waals surface area contributed by atoms with Gasteiger partial charge in [-0.25, -0.2) is 0 Å². The first kappa shape index (κ1) is 31.3. The Morgan fingerprint density at radius 3 is 2.51 bits per heavy atom. The summed E-state index contributed by atoms with van der Waals surface area (Å²) in [5.74, 6) is -1.11. The third-order valence-corrected chi connectivity index (χ3v) is 14.6. The zero-order chi connectivity index (χ0) is 32.5. The third kappa shape index (κ3) is 4.76. The predicted octanol–water partition coefficient (Wildman–Crippen LogP) is 6.51. The number of aliphatic hydroxyl groups excluding tert-OH is 1. The first-order valence-electron chi connectivity index (χ1n) is 15.4. The minimum Gasteiger partial charge on any atom is -0.508 e. The zero-order valence-corrected chi connectivity index (χ0v) is 28.2. The fourth-order valence-electron chi connectivity index (χ4n) is 6.97. The van der Waals surface area contributed by atoms with Crippen molar-refractivity contribution >= 4 is 19.9 Å². The van der Waals surface area contributed by atoms with Crippen LogP contribution < -0.4 is 9.47 Å². The van der Waals surface area contributed by atoms with E-state index in [1.165, 1.54) is 0 Å². The molecule has 237 valence electrons. The van der Waals surface area contributed by atoms with Crippen LogP contribution in [-0.4, -0.2) is 61.9 Å². The monoisotopic (exact) mass is 629 g/mol. The standard InChI is InChI=1S/C35H41N2O7Si/c1-34(2,3)45(7,8)44-35-24(18-21-17-23-22(15-12-16-25(23)41-6)29(38)26(21)31(35)39)28(37(4)5)30-27(32(35)40)33(36-43-30)42-19-20-13-10-9-11-14-20/h9-14,16,21,24,28,39H,17-19H2,1-8H3/t21-,24-,28-,35-/m0/s1. The molecule has 0 saturated carbocycles. The molecule has 3 aliphatic carbocycles. The number of nitrogens with zero attached hydrogens (tertiary/aromatic N) is 2. The van der Waals surface area contributed by atoms with E-state index in [-0.39, 0.29) is 46.1 Å². The van der Waals surface area contributed by atoms with Crippen molar-refractivity contribution in [3.8, 4) is 11.6 Å². The molecule has 0 saturated heterocycles. The Morgan fingerprint density at radius 1 is 1.16 bits per heavy atom. The van der Waals surface area contributed by atoms with E-state index in [0.29, 0.717) is 29.9 Å². The highest BCUT2D eigenvalue weighted by Gasteiger charge is 2.67. The topological polar surface area (TPSA) is 111 Å². The highest BCUT2D eigenvalue weighted by Crippen LogP contribution is 2.59. The molecule has 45 heavy (non-hydrogen) atoms. The molecule has 4 atom stereocenters. The third-order valence-electron chi connectivity index (χ3n) is 10.2. The summed E-state index contributed by atoms with van der Waals surface area (Å²) in [6, 6.07) is 15.6. The van der Waals surface area contributed by atoms with Gasteiger partial charge in [-0.05, 0) is 79.9 Å². The quantitative estimate of drug-likeness (QED) is 0.293. The predicted molar refractivity (Wildman–Crippen MR) is 170 cm³/mol.